The predicted molar refractivity (Wildman–Crippen MR) is 110 cm³/mol. The number of aryl methyl sites for hydroxylation is 1. The molecule has 0 radical (unpaired) electrons. The van der Waals surface area contributed by atoms with Gasteiger partial charge in [-0.05, 0) is 94.5 Å². The molecular weight excluding hydrogens is 368 g/mol. The molecule has 0 unspecified atom stereocenters. The van der Waals surface area contributed by atoms with Crippen molar-refractivity contribution >= 4 is 35.3 Å². The third-order valence-electron chi connectivity index (χ3n) is 4.78. The van der Waals surface area contributed by atoms with Crippen molar-refractivity contribution in [2.45, 2.75) is 70.1 Å². The predicted octanol–water partition coefficient (Wildman–Crippen LogP) is 5.99. The van der Waals surface area contributed by atoms with Gasteiger partial charge in [0.1, 0.15) is 5.60 Å². The third kappa shape index (κ3) is 5.23. The normalized spacial score (nSPS) is 18.7. The number of likely N-dealkylation sites (tertiary alicyclic amines) is 1. The van der Waals surface area contributed by atoms with E-state index in [1.165, 1.54) is 24.1 Å². The fourth-order valence-electron chi connectivity index (χ4n) is 3.16. The van der Waals surface area contributed by atoms with E-state index in [0.29, 0.717) is 5.92 Å². The standard InChI is InChI=1S/C20H29ClN2O2S/c1-13-11-18(22-26-15-5-6-15)16(12-17(13)21)14-7-9-23(10-8-14)19(24)25-20(2,3)4/h11-12,14-15,22H,5-10H2,1-4H3. The summed E-state index contributed by atoms with van der Waals surface area (Å²) in [5.74, 6) is 0.411. The molecule has 144 valence electrons. The van der Waals surface area contributed by atoms with Crippen molar-refractivity contribution in [1.82, 2.24) is 4.90 Å². The molecule has 1 saturated heterocycles. The van der Waals surface area contributed by atoms with Gasteiger partial charge in [0.2, 0.25) is 0 Å². The number of benzene rings is 1. The fraction of sp³-hybridized carbons (Fsp3) is 0.650. The highest BCUT2D eigenvalue weighted by molar-refractivity contribution is 8.01. The Balaban J connectivity index is 1.66. The average Bonchev–Trinajstić information content (AvgIpc) is 3.38. The molecule has 0 aromatic heterocycles. The van der Waals surface area contributed by atoms with E-state index in [2.05, 4.69) is 16.9 Å². The zero-order valence-corrected chi connectivity index (χ0v) is 17.7. The van der Waals surface area contributed by atoms with E-state index in [9.17, 15) is 4.79 Å². The lowest BCUT2D eigenvalue weighted by Gasteiger charge is -2.34. The van der Waals surface area contributed by atoms with Crippen molar-refractivity contribution in [3.05, 3.63) is 28.3 Å². The molecule has 1 aliphatic heterocycles. The lowest BCUT2D eigenvalue weighted by Crippen LogP contribution is -2.41. The van der Waals surface area contributed by atoms with Crippen LogP contribution in [0.4, 0.5) is 10.5 Å². The average molecular weight is 397 g/mol. The first-order valence-corrected chi connectivity index (χ1v) is 10.7. The molecule has 1 aromatic rings. The summed E-state index contributed by atoms with van der Waals surface area (Å²) in [6, 6.07) is 4.27. The fourth-order valence-corrected chi connectivity index (χ4v) is 4.17. The van der Waals surface area contributed by atoms with Crippen LogP contribution in [0.3, 0.4) is 0 Å². The minimum absolute atomic E-state index is 0.208. The molecule has 0 spiro atoms. The molecule has 2 fully saturated rings. The van der Waals surface area contributed by atoms with E-state index in [0.717, 1.165) is 41.8 Å². The van der Waals surface area contributed by atoms with E-state index < -0.39 is 5.60 Å². The maximum Gasteiger partial charge on any atom is 0.410 e. The molecule has 2 aliphatic rings. The summed E-state index contributed by atoms with van der Waals surface area (Å²) in [6.07, 6.45) is 4.25. The first-order valence-electron chi connectivity index (χ1n) is 9.42. The van der Waals surface area contributed by atoms with Crippen molar-refractivity contribution in [3.8, 4) is 0 Å². The Labute approximate surface area is 166 Å². The van der Waals surface area contributed by atoms with Gasteiger partial charge in [0.25, 0.3) is 0 Å². The van der Waals surface area contributed by atoms with Crippen LogP contribution in [0.15, 0.2) is 12.1 Å². The van der Waals surface area contributed by atoms with Crippen molar-refractivity contribution in [1.29, 1.82) is 0 Å². The summed E-state index contributed by atoms with van der Waals surface area (Å²) in [7, 11) is 0. The second-order valence-corrected chi connectivity index (χ2v) is 9.86. The molecule has 6 heteroatoms. The first-order chi connectivity index (χ1) is 12.2. The van der Waals surface area contributed by atoms with Crippen molar-refractivity contribution in [2.75, 3.05) is 17.8 Å². The molecule has 3 rings (SSSR count). The zero-order valence-electron chi connectivity index (χ0n) is 16.1. The number of hydrogen-bond acceptors (Lipinski definition) is 4. The Hall–Kier alpha value is -1.07. The summed E-state index contributed by atoms with van der Waals surface area (Å²) >= 11 is 8.24. The molecule has 1 saturated carbocycles. The van der Waals surface area contributed by atoms with Crippen LogP contribution in [0.25, 0.3) is 0 Å². The van der Waals surface area contributed by atoms with Crippen LogP contribution >= 0.6 is 23.5 Å². The van der Waals surface area contributed by atoms with E-state index in [4.69, 9.17) is 16.3 Å². The summed E-state index contributed by atoms with van der Waals surface area (Å²) < 4.78 is 9.06. The Morgan fingerprint density at radius 3 is 2.46 bits per heavy atom. The molecule has 4 nitrogen and oxygen atoms in total. The molecule has 1 aliphatic carbocycles. The molecule has 1 N–H and O–H groups in total. The van der Waals surface area contributed by atoms with E-state index in [-0.39, 0.29) is 6.09 Å². The number of amides is 1. The van der Waals surface area contributed by atoms with Gasteiger partial charge in [-0.2, -0.15) is 0 Å². The van der Waals surface area contributed by atoms with Gasteiger partial charge in [-0.15, -0.1) is 0 Å². The highest BCUT2D eigenvalue weighted by Crippen LogP contribution is 2.40. The van der Waals surface area contributed by atoms with Crippen LogP contribution in [-0.4, -0.2) is 34.9 Å². The van der Waals surface area contributed by atoms with E-state index >= 15 is 0 Å². The maximum atomic E-state index is 12.3. The van der Waals surface area contributed by atoms with Gasteiger partial charge in [0.05, 0.1) is 0 Å². The number of hydrogen-bond donors (Lipinski definition) is 1. The van der Waals surface area contributed by atoms with Crippen LogP contribution in [0.5, 0.6) is 0 Å². The largest absolute Gasteiger partial charge is 0.444 e. The number of anilines is 1. The van der Waals surface area contributed by atoms with Gasteiger partial charge in [0, 0.05) is 29.0 Å². The van der Waals surface area contributed by atoms with Gasteiger partial charge in [0.15, 0.2) is 0 Å². The molecule has 1 amide bonds. The summed E-state index contributed by atoms with van der Waals surface area (Å²) in [5, 5.41) is 1.56. The van der Waals surface area contributed by atoms with Crippen molar-refractivity contribution < 1.29 is 9.53 Å². The Kier molecular flexibility index (Phi) is 5.97. The number of nitrogens with one attached hydrogen (secondary N) is 1. The van der Waals surface area contributed by atoms with Crippen molar-refractivity contribution in [2.24, 2.45) is 0 Å². The number of rotatable bonds is 4. The van der Waals surface area contributed by atoms with Crippen molar-refractivity contribution in [3.63, 3.8) is 0 Å². The highest BCUT2D eigenvalue weighted by atomic mass is 35.5. The number of ether oxygens (including phenoxy) is 1. The summed E-state index contributed by atoms with van der Waals surface area (Å²) in [4.78, 5) is 14.1. The highest BCUT2D eigenvalue weighted by Gasteiger charge is 2.29. The third-order valence-corrected chi connectivity index (χ3v) is 6.33. The first kappa shape index (κ1) is 19.7. The van der Waals surface area contributed by atoms with Gasteiger partial charge < -0.3 is 14.4 Å². The lowest BCUT2D eigenvalue weighted by atomic mass is 9.88. The zero-order chi connectivity index (χ0) is 18.9. The van der Waals surface area contributed by atoms with Gasteiger partial charge in [-0.3, -0.25) is 0 Å². The number of carbonyl (C=O) groups excluding carboxylic acids is 1. The number of halogens is 1. The number of carbonyl (C=O) groups is 1. The minimum Gasteiger partial charge on any atom is -0.444 e. The van der Waals surface area contributed by atoms with Gasteiger partial charge in [-0.1, -0.05) is 11.6 Å². The summed E-state index contributed by atoms with van der Waals surface area (Å²) in [6.45, 7) is 9.20. The molecule has 26 heavy (non-hydrogen) atoms. The molecule has 0 atom stereocenters. The molecular formula is C20H29ClN2O2S. The quantitative estimate of drug-likeness (QED) is 0.635. The number of piperidine rings is 1. The maximum absolute atomic E-state index is 12.3. The molecule has 1 aromatic carbocycles. The summed E-state index contributed by atoms with van der Waals surface area (Å²) in [5.41, 5.74) is 3.10. The second-order valence-electron chi connectivity index (χ2n) is 8.35. The SMILES string of the molecule is Cc1cc(NSC2CC2)c(C2CCN(C(=O)OC(C)(C)C)CC2)cc1Cl. The topological polar surface area (TPSA) is 41.6 Å². The lowest BCUT2D eigenvalue weighted by molar-refractivity contribution is 0.0205. The van der Waals surface area contributed by atoms with Crippen LogP contribution < -0.4 is 4.72 Å². The van der Waals surface area contributed by atoms with Crippen LogP contribution in [0.2, 0.25) is 5.02 Å². The van der Waals surface area contributed by atoms with Crippen LogP contribution in [-0.2, 0) is 4.74 Å². The van der Waals surface area contributed by atoms with Crippen LogP contribution in [0, 0.1) is 6.92 Å². The molecule has 1 heterocycles. The smallest absolute Gasteiger partial charge is 0.410 e. The second kappa shape index (κ2) is 7.89. The van der Waals surface area contributed by atoms with Gasteiger partial charge in [-0.25, -0.2) is 4.79 Å². The Morgan fingerprint density at radius 1 is 1.23 bits per heavy atom. The Morgan fingerprint density at radius 2 is 1.88 bits per heavy atom. The monoisotopic (exact) mass is 396 g/mol. The van der Waals surface area contributed by atoms with E-state index in [1.807, 2.05) is 44.5 Å². The van der Waals surface area contributed by atoms with Crippen LogP contribution in [0.1, 0.15) is 63.5 Å². The van der Waals surface area contributed by atoms with Gasteiger partial charge >= 0.3 is 6.09 Å². The number of nitrogens with zero attached hydrogens (tertiary/aromatic N) is 1. The minimum atomic E-state index is -0.449. The molecule has 0 bridgehead atoms. The van der Waals surface area contributed by atoms with E-state index in [1.54, 1.807) is 0 Å². The Bertz CT molecular complexity index is 663.